The van der Waals surface area contributed by atoms with E-state index in [1.54, 1.807) is 0 Å². The number of hydrogen-bond donors (Lipinski definition) is 2. The van der Waals surface area contributed by atoms with E-state index in [9.17, 15) is 4.79 Å². The number of nitrogens with zero attached hydrogens (tertiary/aromatic N) is 3. The number of nitrogens with one attached hydrogen (secondary N) is 2. The summed E-state index contributed by atoms with van der Waals surface area (Å²) in [4.78, 5) is 25.5. The molecule has 3 heterocycles. The van der Waals surface area contributed by atoms with Gasteiger partial charge >= 0.3 is 0 Å². The number of hydrogen-bond acceptors (Lipinski definition) is 4. The van der Waals surface area contributed by atoms with E-state index in [4.69, 9.17) is 4.98 Å². The molecule has 0 bridgehead atoms. The van der Waals surface area contributed by atoms with Gasteiger partial charge < -0.3 is 15.2 Å². The van der Waals surface area contributed by atoms with Crippen LogP contribution in [-0.4, -0.2) is 63.9 Å². The third-order valence-electron chi connectivity index (χ3n) is 6.15. The van der Waals surface area contributed by atoms with Crippen LogP contribution in [0.2, 0.25) is 0 Å². The number of aromatic nitrogens is 2. The number of aromatic amines is 1. The summed E-state index contributed by atoms with van der Waals surface area (Å²) in [5.74, 6) is 1.56. The third-order valence-corrected chi connectivity index (χ3v) is 6.15. The van der Waals surface area contributed by atoms with Crippen LogP contribution >= 0.6 is 0 Å². The van der Waals surface area contributed by atoms with Gasteiger partial charge in [0.15, 0.2) is 0 Å². The summed E-state index contributed by atoms with van der Waals surface area (Å²) in [7, 11) is 0. The molecule has 2 saturated heterocycles. The van der Waals surface area contributed by atoms with Crippen molar-refractivity contribution in [2.75, 3.05) is 26.2 Å². The standard InChI is InChI=1S/C21H37N5O/c1-5-20-23-16(4)19(24-20)14-25-10-8-18(9-11-25)26-12-6-17(7-13-26)21(27)22-15(2)3/h15,17-18H,5-14H2,1-4H3,(H,22,27)(H,23,24). The first kappa shape index (κ1) is 20.3. The highest BCUT2D eigenvalue weighted by Gasteiger charge is 2.31. The number of H-pyrrole nitrogens is 1. The van der Waals surface area contributed by atoms with E-state index < -0.39 is 0 Å². The Hall–Kier alpha value is -1.40. The van der Waals surface area contributed by atoms with Crippen LogP contribution in [0.25, 0.3) is 0 Å². The predicted octanol–water partition coefficient (Wildman–Crippen LogP) is 2.48. The lowest BCUT2D eigenvalue weighted by Crippen LogP contribution is -2.49. The van der Waals surface area contributed by atoms with Crippen LogP contribution in [0.4, 0.5) is 0 Å². The first-order chi connectivity index (χ1) is 13.0. The number of likely N-dealkylation sites (tertiary alicyclic amines) is 2. The molecule has 0 saturated carbocycles. The molecule has 2 fully saturated rings. The molecule has 6 heteroatoms. The van der Waals surface area contributed by atoms with Crippen LogP contribution in [-0.2, 0) is 17.8 Å². The molecule has 6 nitrogen and oxygen atoms in total. The monoisotopic (exact) mass is 375 g/mol. The summed E-state index contributed by atoms with van der Waals surface area (Å²) in [6.07, 6.45) is 5.43. The molecule has 3 rings (SSSR count). The smallest absolute Gasteiger partial charge is 0.223 e. The number of rotatable bonds is 6. The zero-order valence-electron chi connectivity index (χ0n) is 17.6. The summed E-state index contributed by atoms with van der Waals surface area (Å²) in [5.41, 5.74) is 2.43. The highest BCUT2D eigenvalue weighted by atomic mass is 16.1. The first-order valence-electron chi connectivity index (χ1n) is 10.8. The van der Waals surface area contributed by atoms with Gasteiger partial charge in [-0.1, -0.05) is 6.92 Å². The Morgan fingerprint density at radius 1 is 1.19 bits per heavy atom. The van der Waals surface area contributed by atoms with Gasteiger partial charge in [0, 0.05) is 49.8 Å². The minimum Gasteiger partial charge on any atom is -0.354 e. The van der Waals surface area contributed by atoms with Crippen LogP contribution < -0.4 is 5.32 Å². The maximum Gasteiger partial charge on any atom is 0.223 e. The normalized spacial score (nSPS) is 21.1. The topological polar surface area (TPSA) is 64.3 Å². The highest BCUT2D eigenvalue weighted by molar-refractivity contribution is 5.78. The van der Waals surface area contributed by atoms with Gasteiger partial charge in [0.25, 0.3) is 0 Å². The molecule has 0 aromatic carbocycles. The van der Waals surface area contributed by atoms with Gasteiger partial charge in [-0.3, -0.25) is 9.69 Å². The van der Waals surface area contributed by atoms with Crippen LogP contribution in [0.5, 0.6) is 0 Å². The minimum absolute atomic E-state index is 0.208. The Morgan fingerprint density at radius 3 is 2.41 bits per heavy atom. The Bertz CT molecular complexity index is 610. The first-order valence-corrected chi connectivity index (χ1v) is 10.8. The molecule has 152 valence electrons. The lowest BCUT2D eigenvalue weighted by Gasteiger charge is -2.41. The third kappa shape index (κ3) is 5.32. The summed E-state index contributed by atoms with van der Waals surface area (Å²) in [6.45, 7) is 13.7. The average Bonchev–Trinajstić information content (AvgIpc) is 3.02. The van der Waals surface area contributed by atoms with Crippen molar-refractivity contribution in [3.63, 3.8) is 0 Å². The second kappa shape index (κ2) is 9.20. The van der Waals surface area contributed by atoms with E-state index in [0.29, 0.717) is 6.04 Å². The Labute approximate surface area is 164 Å². The largest absolute Gasteiger partial charge is 0.354 e. The Kier molecular flexibility index (Phi) is 6.93. The summed E-state index contributed by atoms with van der Waals surface area (Å²) in [5, 5.41) is 3.07. The van der Waals surface area contributed by atoms with Gasteiger partial charge in [0.2, 0.25) is 5.91 Å². The molecular weight excluding hydrogens is 338 g/mol. The van der Waals surface area contributed by atoms with Crippen LogP contribution in [0.1, 0.15) is 63.7 Å². The summed E-state index contributed by atoms with van der Waals surface area (Å²) < 4.78 is 0. The lowest BCUT2D eigenvalue weighted by atomic mass is 9.92. The Morgan fingerprint density at radius 2 is 1.85 bits per heavy atom. The molecular formula is C21H37N5O. The van der Waals surface area contributed by atoms with Gasteiger partial charge in [-0.15, -0.1) is 0 Å². The molecule has 1 aromatic heterocycles. The van der Waals surface area contributed by atoms with Crippen LogP contribution in [0.3, 0.4) is 0 Å². The molecule has 2 aliphatic rings. The van der Waals surface area contributed by atoms with E-state index in [-0.39, 0.29) is 17.9 Å². The SMILES string of the molecule is CCc1nc(CN2CCC(N3CCC(C(=O)NC(C)C)CC3)CC2)c(C)[nH]1. The lowest BCUT2D eigenvalue weighted by molar-refractivity contribution is -0.127. The minimum atomic E-state index is 0.208. The summed E-state index contributed by atoms with van der Waals surface area (Å²) in [6, 6.07) is 0.924. The average molecular weight is 376 g/mol. The molecule has 0 spiro atoms. The predicted molar refractivity (Wildman–Crippen MR) is 109 cm³/mol. The molecule has 2 N–H and O–H groups in total. The van der Waals surface area contributed by atoms with Gasteiger partial charge in [-0.25, -0.2) is 4.98 Å². The number of piperidine rings is 2. The van der Waals surface area contributed by atoms with Gasteiger partial charge in [-0.2, -0.15) is 0 Å². The zero-order chi connectivity index (χ0) is 19.4. The molecule has 0 atom stereocenters. The maximum atomic E-state index is 12.2. The van der Waals surface area contributed by atoms with Crippen LogP contribution in [0.15, 0.2) is 0 Å². The van der Waals surface area contributed by atoms with Crippen LogP contribution in [0, 0.1) is 12.8 Å². The van der Waals surface area contributed by atoms with Crippen molar-refractivity contribution >= 4 is 5.91 Å². The van der Waals surface area contributed by atoms with E-state index in [0.717, 1.165) is 57.8 Å². The van der Waals surface area contributed by atoms with Crippen molar-refractivity contribution in [2.24, 2.45) is 5.92 Å². The molecule has 0 aliphatic carbocycles. The number of carbonyl (C=O) groups excluding carboxylic acids is 1. The second-order valence-corrected chi connectivity index (χ2v) is 8.59. The Balaban J connectivity index is 1.42. The molecule has 0 unspecified atom stereocenters. The fraction of sp³-hybridized carbons (Fsp3) is 0.810. The van der Waals surface area contributed by atoms with E-state index in [1.807, 2.05) is 13.8 Å². The van der Waals surface area contributed by atoms with Gasteiger partial charge in [-0.05, 0) is 59.5 Å². The summed E-state index contributed by atoms with van der Waals surface area (Å²) >= 11 is 0. The second-order valence-electron chi connectivity index (χ2n) is 8.59. The number of aryl methyl sites for hydroxylation is 2. The molecule has 27 heavy (non-hydrogen) atoms. The molecule has 1 aromatic rings. The van der Waals surface area contributed by atoms with E-state index in [1.165, 1.54) is 24.2 Å². The van der Waals surface area contributed by atoms with Crippen molar-refractivity contribution in [1.29, 1.82) is 0 Å². The van der Waals surface area contributed by atoms with Gasteiger partial charge in [0.1, 0.15) is 5.82 Å². The maximum absolute atomic E-state index is 12.2. The van der Waals surface area contributed by atoms with Crippen molar-refractivity contribution < 1.29 is 4.79 Å². The molecule has 2 aliphatic heterocycles. The quantitative estimate of drug-likeness (QED) is 0.802. The van der Waals surface area contributed by atoms with Gasteiger partial charge in [0.05, 0.1) is 5.69 Å². The highest BCUT2D eigenvalue weighted by Crippen LogP contribution is 2.25. The molecule has 1 amide bonds. The zero-order valence-corrected chi connectivity index (χ0v) is 17.6. The number of amides is 1. The van der Waals surface area contributed by atoms with E-state index in [2.05, 4.69) is 33.9 Å². The number of imidazole rings is 1. The number of carbonyl (C=O) groups is 1. The fourth-order valence-corrected chi connectivity index (χ4v) is 4.47. The van der Waals surface area contributed by atoms with Crippen molar-refractivity contribution in [1.82, 2.24) is 25.1 Å². The molecule has 0 radical (unpaired) electrons. The van der Waals surface area contributed by atoms with Crippen molar-refractivity contribution in [3.05, 3.63) is 17.2 Å². The van der Waals surface area contributed by atoms with Crippen molar-refractivity contribution in [3.8, 4) is 0 Å². The van der Waals surface area contributed by atoms with Crippen molar-refractivity contribution in [2.45, 2.75) is 78.4 Å². The van der Waals surface area contributed by atoms with E-state index >= 15 is 0 Å². The fourth-order valence-electron chi connectivity index (χ4n) is 4.47.